The van der Waals surface area contributed by atoms with Gasteiger partial charge in [0.25, 0.3) is 5.91 Å². The highest BCUT2D eigenvalue weighted by molar-refractivity contribution is 5.97. The average Bonchev–Trinajstić information content (AvgIpc) is 3.41. The van der Waals surface area contributed by atoms with Crippen molar-refractivity contribution in [2.24, 2.45) is 5.41 Å². The highest BCUT2D eigenvalue weighted by Crippen LogP contribution is 2.37. The van der Waals surface area contributed by atoms with E-state index in [0.717, 1.165) is 49.4 Å². The van der Waals surface area contributed by atoms with E-state index in [0.29, 0.717) is 43.0 Å². The molecule has 33 heavy (non-hydrogen) atoms. The summed E-state index contributed by atoms with van der Waals surface area (Å²) in [6.45, 7) is 5.12. The van der Waals surface area contributed by atoms with E-state index in [4.69, 9.17) is 24.0 Å². The Morgan fingerprint density at radius 3 is 2.88 bits per heavy atom. The SMILES string of the molecule is CCc1nn(CCCOC(=O)c2ccc3c(c2)OCO3)c2c1C(=O)NCC1(CCOCC1)C2. The number of aromatic nitrogens is 2. The summed E-state index contributed by atoms with van der Waals surface area (Å²) in [5.41, 5.74) is 2.97. The molecule has 0 saturated carbocycles. The third-order valence-corrected chi connectivity index (χ3v) is 6.77. The first-order valence-corrected chi connectivity index (χ1v) is 11.6. The standard InChI is InChI=1S/C24H29N3O6/c1-2-17-21-18(13-24(14-25-22(21)28)6-10-30-11-7-24)27(26-17)8-3-9-31-23(29)16-4-5-19-20(12-16)33-15-32-19/h4-5,12H,2-3,6-11,13-15H2,1H3,(H,25,28). The van der Waals surface area contributed by atoms with Crippen LogP contribution in [0.4, 0.5) is 0 Å². The molecule has 2 aromatic rings. The summed E-state index contributed by atoms with van der Waals surface area (Å²) < 4.78 is 23.6. The molecule has 1 aromatic heterocycles. The molecule has 1 fully saturated rings. The molecule has 1 spiro atoms. The van der Waals surface area contributed by atoms with Crippen molar-refractivity contribution in [1.29, 1.82) is 0 Å². The number of carbonyl (C=O) groups is 2. The Morgan fingerprint density at radius 2 is 2.06 bits per heavy atom. The van der Waals surface area contributed by atoms with Crippen LogP contribution in [0.3, 0.4) is 0 Å². The van der Waals surface area contributed by atoms with Crippen LogP contribution in [0.15, 0.2) is 18.2 Å². The van der Waals surface area contributed by atoms with Gasteiger partial charge in [-0.25, -0.2) is 4.79 Å². The number of ether oxygens (including phenoxy) is 4. The number of carbonyl (C=O) groups excluding carboxylic acids is 2. The Balaban J connectivity index is 1.25. The Bertz CT molecular complexity index is 1060. The molecular formula is C24H29N3O6. The van der Waals surface area contributed by atoms with E-state index in [1.165, 1.54) is 0 Å². The summed E-state index contributed by atoms with van der Waals surface area (Å²) >= 11 is 0. The number of esters is 1. The van der Waals surface area contributed by atoms with Crippen molar-refractivity contribution in [3.05, 3.63) is 40.7 Å². The van der Waals surface area contributed by atoms with Crippen molar-refractivity contribution in [2.75, 3.05) is 33.2 Å². The number of amides is 1. The van der Waals surface area contributed by atoms with Gasteiger partial charge in [0, 0.05) is 32.7 Å². The van der Waals surface area contributed by atoms with E-state index >= 15 is 0 Å². The van der Waals surface area contributed by atoms with Crippen molar-refractivity contribution in [3.63, 3.8) is 0 Å². The topological polar surface area (TPSA) is 101 Å². The summed E-state index contributed by atoms with van der Waals surface area (Å²) in [7, 11) is 0. The van der Waals surface area contributed by atoms with Crippen molar-refractivity contribution < 1.29 is 28.5 Å². The number of rotatable bonds is 6. The molecule has 1 aromatic carbocycles. The van der Waals surface area contributed by atoms with E-state index in [9.17, 15) is 9.59 Å². The van der Waals surface area contributed by atoms with Crippen LogP contribution in [0.25, 0.3) is 0 Å². The van der Waals surface area contributed by atoms with E-state index in [1.807, 2.05) is 11.6 Å². The predicted molar refractivity (Wildman–Crippen MR) is 118 cm³/mol. The van der Waals surface area contributed by atoms with E-state index < -0.39 is 5.97 Å². The molecule has 9 heteroatoms. The van der Waals surface area contributed by atoms with Crippen molar-refractivity contribution in [3.8, 4) is 11.5 Å². The molecule has 0 radical (unpaired) electrons. The van der Waals surface area contributed by atoms with Crippen LogP contribution in [0.1, 0.15) is 58.3 Å². The quantitative estimate of drug-likeness (QED) is 0.528. The lowest BCUT2D eigenvalue weighted by atomic mass is 9.76. The molecule has 9 nitrogen and oxygen atoms in total. The first-order valence-electron chi connectivity index (χ1n) is 11.6. The molecule has 1 amide bonds. The number of benzene rings is 1. The van der Waals surface area contributed by atoms with Gasteiger partial charge >= 0.3 is 5.97 Å². The fourth-order valence-corrected chi connectivity index (χ4v) is 4.84. The second-order valence-electron chi connectivity index (χ2n) is 8.87. The van der Waals surface area contributed by atoms with Crippen LogP contribution in [-0.2, 0) is 28.9 Å². The second kappa shape index (κ2) is 9.05. The second-order valence-corrected chi connectivity index (χ2v) is 8.87. The van der Waals surface area contributed by atoms with Gasteiger partial charge in [0.1, 0.15) is 0 Å². The normalized spacial score (nSPS) is 18.5. The summed E-state index contributed by atoms with van der Waals surface area (Å²) in [5, 5.41) is 7.88. The van der Waals surface area contributed by atoms with E-state index in [2.05, 4.69) is 5.32 Å². The molecule has 176 valence electrons. The highest BCUT2D eigenvalue weighted by atomic mass is 16.7. The first kappa shape index (κ1) is 21.8. The summed E-state index contributed by atoms with van der Waals surface area (Å²) in [4.78, 5) is 25.3. The average molecular weight is 456 g/mol. The fraction of sp³-hybridized carbons (Fsp3) is 0.542. The Labute approximate surface area is 192 Å². The number of nitrogens with zero attached hydrogens (tertiary/aromatic N) is 2. The first-order chi connectivity index (χ1) is 16.1. The van der Waals surface area contributed by atoms with Crippen LogP contribution in [0.2, 0.25) is 0 Å². The molecule has 3 aliphatic rings. The molecule has 0 atom stereocenters. The van der Waals surface area contributed by atoms with Gasteiger partial charge in [-0.3, -0.25) is 9.48 Å². The largest absolute Gasteiger partial charge is 0.462 e. The smallest absolute Gasteiger partial charge is 0.338 e. The molecule has 5 rings (SSSR count). The third-order valence-electron chi connectivity index (χ3n) is 6.77. The highest BCUT2D eigenvalue weighted by Gasteiger charge is 2.39. The van der Waals surface area contributed by atoms with Gasteiger partial charge < -0.3 is 24.3 Å². The maximum Gasteiger partial charge on any atom is 0.338 e. The van der Waals surface area contributed by atoms with Crippen LogP contribution in [-0.4, -0.2) is 54.8 Å². The lowest BCUT2D eigenvalue weighted by Gasteiger charge is -2.36. The maximum atomic E-state index is 12.9. The molecule has 0 bridgehead atoms. The number of nitrogens with one attached hydrogen (secondary N) is 1. The molecule has 3 aliphatic heterocycles. The Hall–Kier alpha value is -3.07. The maximum absolute atomic E-state index is 12.9. The zero-order chi connectivity index (χ0) is 22.8. The predicted octanol–water partition coefficient (Wildman–Crippen LogP) is 2.50. The minimum Gasteiger partial charge on any atom is -0.462 e. The zero-order valence-electron chi connectivity index (χ0n) is 18.9. The minimum absolute atomic E-state index is 0.00771. The van der Waals surface area contributed by atoms with Crippen LogP contribution in [0.5, 0.6) is 11.5 Å². The monoisotopic (exact) mass is 455 g/mol. The molecule has 4 heterocycles. The van der Waals surface area contributed by atoms with E-state index in [1.54, 1.807) is 18.2 Å². The van der Waals surface area contributed by atoms with Gasteiger partial charge in [0.2, 0.25) is 6.79 Å². The van der Waals surface area contributed by atoms with Crippen LogP contribution >= 0.6 is 0 Å². The van der Waals surface area contributed by atoms with Gasteiger partial charge in [0.05, 0.1) is 29.1 Å². The minimum atomic E-state index is -0.401. The van der Waals surface area contributed by atoms with Crippen molar-refractivity contribution >= 4 is 11.9 Å². The summed E-state index contributed by atoms with van der Waals surface area (Å²) in [6.07, 6.45) is 3.94. The molecular weight excluding hydrogens is 426 g/mol. The van der Waals surface area contributed by atoms with Crippen LogP contribution < -0.4 is 14.8 Å². The number of aryl methyl sites for hydroxylation is 2. The van der Waals surface area contributed by atoms with Crippen LogP contribution in [0, 0.1) is 5.41 Å². The third kappa shape index (κ3) is 4.29. The lowest BCUT2D eigenvalue weighted by Crippen LogP contribution is -2.40. The van der Waals surface area contributed by atoms with Gasteiger partial charge in [-0.1, -0.05) is 6.92 Å². The molecule has 0 aliphatic carbocycles. The number of hydrogen-bond donors (Lipinski definition) is 1. The van der Waals surface area contributed by atoms with Crippen molar-refractivity contribution in [2.45, 2.75) is 45.6 Å². The fourth-order valence-electron chi connectivity index (χ4n) is 4.84. The summed E-state index contributed by atoms with van der Waals surface area (Å²) in [5.74, 6) is 0.744. The summed E-state index contributed by atoms with van der Waals surface area (Å²) in [6, 6.07) is 5.02. The van der Waals surface area contributed by atoms with Gasteiger partial charge in [-0.2, -0.15) is 5.10 Å². The Kier molecular flexibility index (Phi) is 5.97. The van der Waals surface area contributed by atoms with E-state index in [-0.39, 0.29) is 24.7 Å². The Morgan fingerprint density at radius 1 is 1.24 bits per heavy atom. The molecule has 0 unspecified atom stereocenters. The number of fused-ring (bicyclic) bond motifs is 2. The van der Waals surface area contributed by atoms with Gasteiger partial charge in [-0.15, -0.1) is 0 Å². The molecule has 1 N–H and O–H groups in total. The van der Waals surface area contributed by atoms with Gasteiger partial charge in [-0.05, 0) is 49.3 Å². The molecule has 1 saturated heterocycles. The van der Waals surface area contributed by atoms with Crippen molar-refractivity contribution in [1.82, 2.24) is 15.1 Å². The number of hydrogen-bond acceptors (Lipinski definition) is 7. The zero-order valence-corrected chi connectivity index (χ0v) is 18.9. The van der Waals surface area contributed by atoms with Gasteiger partial charge in [0.15, 0.2) is 11.5 Å². The lowest BCUT2D eigenvalue weighted by molar-refractivity contribution is 0.0152.